The van der Waals surface area contributed by atoms with Crippen LogP contribution >= 0.6 is 0 Å². The van der Waals surface area contributed by atoms with Crippen LogP contribution in [-0.4, -0.2) is 66.3 Å². The average Bonchev–Trinajstić information content (AvgIpc) is 3.36. The molecule has 0 aromatic rings. The monoisotopic (exact) mass is 612 g/mol. The molecule has 0 amide bonds. The number of rotatable bonds is 32. The van der Waals surface area contributed by atoms with E-state index in [9.17, 15) is 5.11 Å². The first-order chi connectivity index (χ1) is 20.3. The number of hydrogen-bond acceptors (Lipinski definition) is 3. The smallest absolute Gasteiger partial charge is 0.247 e. The molecule has 0 spiro atoms. The van der Waals surface area contributed by atoms with Gasteiger partial charge in [0, 0.05) is 13.0 Å². The van der Waals surface area contributed by atoms with E-state index in [1.165, 1.54) is 166 Å². The molecule has 2 N–H and O–H groups in total. The Morgan fingerprint density at radius 3 is 1.64 bits per heavy atom. The Hall–Kier alpha value is -0.580. The van der Waals surface area contributed by atoms with Gasteiger partial charge in [-0.15, -0.1) is 0 Å². The zero-order valence-electron chi connectivity index (χ0n) is 28.5. The topological polar surface area (TPSA) is 38.5 Å². The van der Waals surface area contributed by atoms with Gasteiger partial charge in [-0.05, 0) is 45.1 Å². The molecule has 1 aliphatic rings. The number of allylic oxidation sites excluding steroid dienone is 2. The first kappa shape index (κ1) is 41.4. The lowest BCUT2D eigenvalue weighted by atomic mass is 10.1. The molecule has 0 saturated carbocycles. The highest BCUT2D eigenvalue weighted by Gasteiger charge is 2.28. The van der Waals surface area contributed by atoms with E-state index in [4.69, 9.17) is 0 Å². The third-order valence-corrected chi connectivity index (χ3v) is 8.92. The quantitative estimate of drug-likeness (QED) is 0.0508. The van der Waals surface area contributed by atoms with Gasteiger partial charge in [0.1, 0.15) is 19.6 Å². The number of unbranched alkanes of at least 4 members (excludes halogenated alkanes) is 21. The van der Waals surface area contributed by atoms with Crippen LogP contribution in [0.3, 0.4) is 0 Å². The molecular weight excluding hydrogens is 538 g/mol. The number of nitrogens with zero attached hydrogens (tertiary/aromatic N) is 2. The molecule has 4 nitrogen and oxygen atoms in total. The van der Waals surface area contributed by atoms with Crippen molar-refractivity contribution >= 4 is 5.84 Å². The van der Waals surface area contributed by atoms with Crippen LogP contribution in [0.2, 0.25) is 0 Å². The van der Waals surface area contributed by atoms with Gasteiger partial charge in [0.05, 0.1) is 13.2 Å². The van der Waals surface area contributed by atoms with E-state index in [1.54, 1.807) is 0 Å². The maximum absolute atomic E-state index is 9.53. The maximum Gasteiger partial charge on any atom is 0.247 e. The fourth-order valence-corrected chi connectivity index (χ4v) is 6.23. The molecule has 0 unspecified atom stereocenters. The number of aliphatic hydroxyl groups is 1. The summed E-state index contributed by atoms with van der Waals surface area (Å²) in [6.07, 6.45) is 39.2. The highest BCUT2D eigenvalue weighted by Crippen LogP contribution is 2.14. The molecule has 1 aliphatic heterocycles. The van der Waals surface area contributed by atoms with Crippen molar-refractivity contribution in [2.45, 2.75) is 174 Å². The molecule has 5 heteroatoms. The zero-order valence-corrected chi connectivity index (χ0v) is 29.3. The SMILES string of the molecule is CCCCCCCC/C=C\CCCCCCCCNCCN1CC[N+](CCO)=C1CCCCCCCCCCCC.[Cl-]. The Labute approximate surface area is 270 Å². The first-order valence-corrected chi connectivity index (χ1v) is 18.7. The second-order valence-electron chi connectivity index (χ2n) is 12.7. The van der Waals surface area contributed by atoms with Crippen LogP contribution in [0.1, 0.15) is 174 Å². The van der Waals surface area contributed by atoms with Crippen molar-refractivity contribution in [2.75, 3.05) is 45.9 Å². The van der Waals surface area contributed by atoms with Crippen molar-refractivity contribution < 1.29 is 22.1 Å². The summed E-state index contributed by atoms with van der Waals surface area (Å²) in [6, 6.07) is 0. The van der Waals surface area contributed by atoms with Gasteiger partial charge in [-0.25, -0.2) is 0 Å². The molecule has 0 fully saturated rings. The third kappa shape index (κ3) is 24.8. The lowest BCUT2D eigenvalue weighted by molar-refractivity contribution is -0.521. The van der Waals surface area contributed by atoms with Crippen LogP contribution in [-0.2, 0) is 0 Å². The lowest BCUT2D eigenvalue weighted by Gasteiger charge is -2.14. The van der Waals surface area contributed by atoms with Crippen molar-refractivity contribution in [1.29, 1.82) is 0 Å². The van der Waals surface area contributed by atoms with E-state index in [1.807, 2.05) is 0 Å². The molecule has 0 aliphatic carbocycles. The summed E-state index contributed by atoms with van der Waals surface area (Å²) in [4.78, 5) is 2.60. The van der Waals surface area contributed by atoms with E-state index in [2.05, 4.69) is 40.8 Å². The largest absolute Gasteiger partial charge is 1.00 e. The van der Waals surface area contributed by atoms with Crippen LogP contribution in [0.5, 0.6) is 0 Å². The van der Waals surface area contributed by atoms with Gasteiger partial charge in [-0.1, -0.05) is 142 Å². The molecule has 0 saturated heterocycles. The average molecular weight is 612 g/mol. The third-order valence-electron chi connectivity index (χ3n) is 8.92. The summed E-state index contributed by atoms with van der Waals surface area (Å²) in [5.41, 5.74) is 0. The summed E-state index contributed by atoms with van der Waals surface area (Å²) in [5.74, 6) is 1.50. The summed E-state index contributed by atoms with van der Waals surface area (Å²) < 4.78 is 2.44. The highest BCUT2D eigenvalue weighted by atomic mass is 35.5. The van der Waals surface area contributed by atoms with Crippen molar-refractivity contribution in [3.63, 3.8) is 0 Å². The van der Waals surface area contributed by atoms with Gasteiger partial charge in [-0.2, -0.15) is 0 Å². The van der Waals surface area contributed by atoms with Crippen LogP contribution < -0.4 is 17.7 Å². The van der Waals surface area contributed by atoms with Gasteiger partial charge in [0.25, 0.3) is 0 Å². The molecule has 1 heterocycles. The summed E-state index contributed by atoms with van der Waals surface area (Å²) in [6.45, 7) is 11.2. The predicted molar refractivity (Wildman–Crippen MR) is 182 cm³/mol. The van der Waals surface area contributed by atoms with E-state index in [-0.39, 0.29) is 19.0 Å². The maximum atomic E-state index is 9.53. The van der Waals surface area contributed by atoms with Crippen molar-refractivity contribution in [2.24, 2.45) is 0 Å². The fourth-order valence-electron chi connectivity index (χ4n) is 6.23. The number of halogens is 1. The Kier molecular flexibility index (Phi) is 32.9. The molecule has 42 heavy (non-hydrogen) atoms. The summed E-state index contributed by atoms with van der Waals surface area (Å²) >= 11 is 0. The normalized spacial score (nSPS) is 13.5. The predicted octanol–water partition coefficient (Wildman–Crippen LogP) is 6.65. The van der Waals surface area contributed by atoms with E-state index < -0.39 is 0 Å². The van der Waals surface area contributed by atoms with Crippen LogP contribution in [0, 0.1) is 0 Å². The molecule has 0 bridgehead atoms. The second kappa shape index (κ2) is 33.3. The van der Waals surface area contributed by atoms with E-state index in [0.717, 1.165) is 39.3 Å². The summed E-state index contributed by atoms with van der Waals surface area (Å²) in [5, 5.41) is 13.2. The molecule has 250 valence electrons. The van der Waals surface area contributed by atoms with E-state index >= 15 is 0 Å². The standard InChI is InChI=1S/C37H74N3O.ClH/c1-3-5-7-9-11-13-15-16-17-18-19-20-22-24-26-28-30-38-31-32-39-33-34-40(35-36-41)37(39)29-27-25-23-21-14-12-10-8-6-4-2;/h16-17,38,41H,3-15,18-36H2,1-2H3;1H/q+1;/p-1/b17-16-;. The molecular formula is C37H74ClN3O. The fraction of sp³-hybridized carbons (Fsp3) is 0.919. The van der Waals surface area contributed by atoms with Gasteiger partial charge in [0.15, 0.2) is 0 Å². The van der Waals surface area contributed by atoms with Crippen molar-refractivity contribution in [3.8, 4) is 0 Å². The Balaban J connectivity index is 0.0000168. The number of hydrogen-bond donors (Lipinski definition) is 2. The number of β-amino-alcohol motifs (C(OH)–C–C–N with tert-alkyl or cyclic N) is 1. The Bertz CT molecular complexity index is 610. The van der Waals surface area contributed by atoms with E-state index in [0.29, 0.717) is 0 Å². The minimum atomic E-state index is 0. The number of nitrogens with one attached hydrogen (secondary N) is 1. The van der Waals surface area contributed by atoms with Crippen molar-refractivity contribution in [1.82, 2.24) is 10.2 Å². The first-order valence-electron chi connectivity index (χ1n) is 18.7. The van der Waals surface area contributed by atoms with Gasteiger partial charge in [0.2, 0.25) is 5.84 Å². The second-order valence-corrected chi connectivity index (χ2v) is 12.7. The molecule has 1 rings (SSSR count). The minimum Gasteiger partial charge on any atom is -1.00 e. The van der Waals surface area contributed by atoms with Crippen LogP contribution in [0.25, 0.3) is 0 Å². The molecule has 0 atom stereocenters. The minimum absolute atomic E-state index is 0. The summed E-state index contributed by atoms with van der Waals surface area (Å²) in [7, 11) is 0. The Morgan fingerprint density at radius 2 is 1.12 bits per heavy atom. The number of aliphatic hydroxyl groups excluding tert-OH is 1. The van der Waals surface area contributed by atoms with Crippen LogP contribution in [0.4, 0.5) is 0 Å². The Morgan fingerprint density at radius 1 is 0.643 bits per heavy atom. The van der Waals surface area contributed by atoms with Crippen LogP contribution in [0.15, 0.2) is 12.2 Å². The van der Waals surface area contributed by atoms with Gasteiger partial charge in [-0.3, -0.25) is 9.48 Å². The molecule has 0 radical (unpaired) electrons. The van der Waals surface area contributed by atoms with Gasteiger partial charge < -0.3 is 22.8 Å². The molecule has 0 aromatic carbocycles. The number of amidine groups is 1. The van der Waals surface area contributed by atoms with Crippen molar-refractivity contribution in [3.05, 3.63) is 12.2 Å². The molecule has 0 aromatic heterocycles. The zero-order chi connectivity index (χ0) is 29.5. The lowest BCUT2D eigenvalue weighted by Crippen LogP contribution is -3.00. The van der Waals surface area contributed by atoms with Gasteiger partial charge >= 0.3 is 0 Å². The highest BCUT2D eigenvalue weighted by molar-refractivity contribution is 5.78.